The molecule has 7 heteroatoms. The Balaban J connectivity index is 2.10. The first-order valence-electron chi connectivity index (χ1n) is 6.57. The molecule has 0 unspecified atom stereocenters. The summed E-state index contributed by atoms with van der Waals surface area (Å²) in [6.07, 6.45) is 0. The number of thiocarbonyl (C=S) groups is 1. The Bertz CT molecular complexity index is 764. The van der Waals surface area contributed by atoms with Gasteiger partial charge in [0, 0.05) is 0 Å². The molecule has 1 amide bonds. The lowest BCUT2D eigenvalue weighted by Gasteiger charge is -2.12. The van der Waals surface area contributed by atoms with E-state index >= 15 is 0 Å². The molecule has 0 aliphatic carbocycles. The van der Waals surface area contributed by atoms with Crippen LogP contribution < -0.4 is 10.6 Å². The van der Waals surface area contributed by atoms with Gasteiger partial charge in [-0.15, -0.1) is 0 Å². The molecule has 2 N–H and O–H groups in total. The van der Waals surface area contributed by atoms with Gasteiger partial charge in [-0.3, -0.25) is 10.1 Å². The smallest absolute Gasteiger partial charge is 0.339 e. The minimum Gasteiger partial charge on any atom is -0.465 e. The van der Waals surface area contributed by atoms with Gasteiger partial charge in [0.25, 0.3) is 5.91 Å². The molecular formula is C16H13ClN2O3S. The number of para-hydroxylation sites is 1. The molecule has 0 spiro atoms. The van der Waals surface area contributed by atoms with Crippen molar-refractivity contribution in [2.75, 3.05) is 12.4 Å². The molecule has 0 saturated carbocycles. The van der Waals surface area contributed by atoms with Crippen LogP contribution in [0.3, 0.4) is 0 Å². The monoisotopic (exact) mass is 348 g/mol. The van der Waals surface area contributed by atoms with E-state index in [0.717, 1.165) is 0 Å². The zero-order chi connectivity index (χ0) is 16.8. The highest BCUT2D eigenvalue weighted by Crippen LogP contribution is 2.17. The molecule has 0 bridgehead atoms. The van der Waals surface area contributed by atoms with Crippen LogP contribution in [0.25, 0.3) is 0 Å². The molecule has 2 rings (SSSR count). The molecule has 5 nitrogen and oxygen atoms in total. The SMILES string of the molecule is COC(=O)c1ccccc1NC(=S)NC(=O)c1ccccc1Cl. The molecule has 0 heterocycles. The highest BCUT2D eigenvalue weighted by molar-refractivity contribution is 7.80. The molecular weight excluding hydrogens is 336 g/mol. The van der Waals surface area contributed by atoms with E-state index in [1.165, 1.54) is 7.11 Å². The van der Waals surface area contributed by atoms with Gasteiger partial charge in [0.15, 0.2) is 5.11 Å². The molecule has 0 radical (unpaired) electrons. The molecule has 0 aliphatic heterocycles. The highest BCUT2D eigenvalue weighted by atomic mass is 35.5. The molecule has 23 heavy (non-hydrogen) atoms. The van der Waals surface area contributed by atoms with Crippen LogP contribution >= 0.6 is 23.8 Å². The largest absolute Gasteiger partial charge is 0.465 e. The normalized spacial score (nSPS) is 9.83. The van der Waals surface area contributed by atoms with Crippen LogP contribution in [0.2, 0.25) is 5.02 Å². The number of nitrogens with one attached hydrogen (secondary N) is 2. The van der Waals surface area contributed by atoms with Crippen molar-refractivity contribution in [3.8, 4) is 0 Å². The van der Waals surface area contributed by atoms with E-state index in [0.29, 0.717) is 21.8 Å². The summed E-state index contributed by atoms with van der Waals surface area (Å²) in [5.41, 5.74) is 1.05. The van der Waals surface area contributed by atoms with Crippen LogP contribution in [-0.2, 0) is 4.74 Å². The van der Waals surface area contributed by atoms with Gasteiger partial charge in [0.05, 0.1) is 28.9 Å². The van der Waals surface area contributed by atoms with Crippen LogP contribution in [0.15, 0.2) is 48.5 Å². The predicted octanol–water partition coefficient (Wildman–Crippen LogP) is 3.25. The van der Waals surface area contributed by atoms with Gasteiger partial charge in [-0.2, -0.15) is 0 Å². The number of hydrogen-bond donors (Lipinski definition) is 2. The molecule has 0 fully saturated rings. The summed E-state index contributed by atoms with van der Waals surface area (Å²) < 4.78 is 4.70. The average Bonchev–Trinajstić information content (AvgIpc) is 2.54. The summed E-state index contributed by atoms with van der Waals surface area (Å²) in [6.45, 7) is 0. The molecule has 2 aromatic rings. The van der Waals surface area contributed by atoms with Crippen molar-refractivity contribution in [1.82, 2.24) is 5.32 Å². The lowest BCUT2D eigenvalue weighted by Crippen LogP contribution is -2.34. The van der Waals surface area contributed by atoms with Crippen LogP contribution in [-0.4, -0.2) is 24.1 Å². The summed E-state index contributed by atoms with van der Waals surface area (Å²) in [5.74, 6) is -0.947. The number of halogens is 1. The maximum atomic E-state index is 12.1. The fourth-order valence-electron chi connectivity index (χ4n) is 1.85. The van der Waals surface area contributed by atoms with Gasteiger partial charge in [-0.1, -0.05) is 35.9 Å². The van der Waals surface area contributed by atoms with E-state index in [2.05, 4.69) is 10.6 Å². The Morgan fingerprint density at radius 1 is 1.04 bits per heavy atom. The van der Waals surface area contributed by atoms with Crippen molar-refractivity contribution in [1.29, 1.82) is 0 Å². The van der Waals surface area contributed by atoms with E-state index in [4.69, 9.17) is 28.6 Å². The minimum absolute atomic E-state index is 0.0475. The van der Waals surface area contributed by atoms with Gasteiger partial charge in [-0.05, 0) is 36.5 Å². The van der Waals surface area contributed by atoms with Crippen LogP contribution in [0.4, 0.5) is 5.69 Å². The number of benzene rings is 2. The van der Waals surface area contributed by atoms with Gasteiger partial charge in [0.1, 0.15) is 0 Å². The van der Waals surface area contributed by atoms with Crippen molar-refractivity contribution in [3.05, 3.63) is 64.7 Å². The second-order valence-electron chi connectivity index (χ2n) is 4.43. The summed E-state index contributed by atoms with van der Waals surface area (Å²) in [7, 11) is 1.29. The zero-order valence-corrected chi connectivity index (χ0v) is 13.7. The summed E-state index contributed by atoms with van der Waals surface area (Å²) >= 11 is 11.1. The Labute approximate surface area is 143 Å². The third-order valence-corrected chi connectivity index (χ3v) is 3.46. The number of amides is 1. The molecule has 0 aliphatic rings. The van der Waals surface area contributed by atoms with E-state index < -0.39 is 11.9 Å². The summed E-state index contributed by atoms with van der Waals surface area (Å²) in [4.78, 5) is 23.8. The standard InChI is InChI=1S/C16H13ClN2O3S/c1-22-15(21)11-7-3-5-9-13(11)18-16(23)19-14(20)10-6-2-4-8-12(10)17/h2-9H,1H3,(H2,18,19,20,23). The number of rotatable bonds is 3. The molecule has 2 aromatic carbocycles. The number of methoxy groups -OCH3 is 1. The number of ether oxygens (including phenoxy) is 1. The Morgan fingerprint density at radius 3 is 2.30 bits per heavy atom. The lowest BCUT2D eigenvalue weighted by molar-refractivity contribution is 0.0602. The second kappa shape index (κ2) is 7.71. The fraction of sp³-hybridized carbons (Fsp3) is 0.0625. The van der Waals surface area contributed by atoms with Crippen LogP contribution in [0.1, 0.15) is 20.7 Å². The average molecular weight is 349 g/mol. The Kier molecular flexibility index (Phi) is 5.67. The van der Waals surface area contributed by atoms with Crippen molar-refractivity contribution in [3.63, 3.8) is 0 Å². The molecule has 118 valence electrons. The Morgan fingerprint density at radius 2 is 1.65 bits per heavy atom. The van der Waals surface area contributed by atoms with E-state index in [1.807, 2.05) is 0 Å². The number of anilines is 1. The van der Waals surface area contributed by atoms with Crippen LogP contribution in [0, 0.1) is 0 Å². The minimum atomic E-state index is -0.506. The topological polar surface area (TPSA) is 67.4 Å². The lowest BCUT2D eigenvalue weighted by atomic mass is 10.2. The zero-order valence-electron chi connectivity index (χ0n) is 12.1. The van der Waals surface area contributed by atoms with Gasteiger partial charge < -0.3 is 10.1 Å². The highest BCUT2D eigenvalue weighted by Gasteiger charge is 2.14. The van der Waals surface area contributed by atoms with Gasteiger partial charge >= 0.3 is 5.97 Å². The predicted molar refractivity (Wildman–Crippen MR) is 92.9 cm³/mol. The fourth-order valence-corrected chi connectivity index (χ4v) is 2.27. The summed E-state index contributed by atoms with van der Waals surface area (Å²) in [6, 6.07) is 13.3. The summed E-state index contributed by atoms with van der Waals surface area (Å²) in [5, 5.41) is 5.69. The number of hydrogen-bond acceptors (Lipinski definition) is 4. The van der Waals surface area contributed by atoms with Crippen molar-refractivity contribution in [2.24, 2.45) is 0 Å². The molecule has 0 atom stereocenters. The number of esters is 1. The Hall–Kier alpha value is -2.44. The quantitative estimate of drug-likeness (QED) is 0.658. The van der Waals surface area contributed by atoms with Crippen LogP contribution in [0.5, 0.6) is 0 Å². The molecule has 0 saturated heterocycles. The van der Waals surface area contributed by atoms with Crippen molar-refractivity contribution < 1.29 is 14.3 Å². The first-order valence-corrected chi connectivity index (χ1v) is 7.35. The maximum Gasteiger partial charge on any atom is 0.339 e. The number of carbonyl (C=O) groups excluding carboxylic acids is 2. The van der Waals surface area contributed by atoms with Gasteiger partial charge in [0.2, 0.25) is 0 Å². The third-order valence-electron chi connectivity index (χ3n) is 2.93. The van der Waals surface area contributed by atoms with E-state index in [1.54, 1.807) is 48.5 Å². The first-order chi connectivity index (χ1) is 11.0. The second-order valence-corrected chi connectivity index (χ2v) is 5.24. The third kappa shape index (κ3) is 4.28. The van der Waals surface area contributed by atoms with Crippen molar-refractivity contribution >= 4 is 46.5 Å². The van der Waals surface area contributed by atoms with E-state index in [-0.39, 0.29) is 5.11 Å². The van der Waals surface area contributed by atoms with Crippen molar-refractivity contribution in [2.45, 2.75) is 0 Å². The number of carbonyl (C=O) groups is 2. The first kappa shape index (κ1) is 16.9. The molecule has 0 aromatic heterocycles. The van der Waals surface area contributed by atoms with Gasteiger partial charge in [-0.25, -0.2) is 4.79 Å². The van der Waals surface area contributed by atoms with E-state index in [9.17, 15) is 9.59 Å². The maximum absolute atomic E-state index is 12.1.